The first kappa shape index (κ1) is 16.1. The Morgan fingerprint density at radius 3 is 2.23 bits per heavy atom. The number of rotatable bonds is 3. The molecule has 2 heterocycles. The first-order chi connectivity index (χ1) is 12.7. The van der Waals surface area contributed by atoms with Crippen molar-refractivity contribution in [3.8, 4) is 5.69 Å². The van der Waals surface area contributed by atoms with Crippen LogP contribution in [-0.2, 0) is 0 Å². The van der Waals surface area contributed by atoms with E-state index in [1.54, 1.807) is 6.20 Å². The average Bonchev–Trinajstić information content (AvgIpc) is 2.67. The van der Waals surface area contributed by atoms with Crippen molar-refractivity contribution >= 4 is 22.5 Å². The van der Waals surface area contributed by atoms with Crippen molar-refractivity contribution in [3.63, 3.8) is 0 Å². The largest absolute Gasteiger partial charge is 0.341 e. The SMILES string of the molecule is Cc1c(Nc2ccccc2)n(-c2ccccc2)c2nccc(C)c2c1=O. The smallest absolute Gasteiger partial charge is 0.196 e. The van der Waals surface area contributed by atoms with Gasteiger partial charge in [0.1, 0.15) is 11.5 Å². The van der Waals surface area contributed by atoms with Crippen molar-refractivity contribution in [2.75, 3.05) is 5.32 Å². The van der Waals surface area contributed by atoms with Crippen LogP contribution in [0.1, 0.15) is 11.1 Å². The number of para-hydroxylation sites is 2. The molecule has 0 aliphatic rings. The van der Waals surface area contributed by atoms with E-state index >= 15 is 0 Å². The minimum atomic E-state index is 0.0104. The average molecular weight is 341 g/mol. The molecule has 0 aliphatic heterocycles. The summed E-state index contributed by atoms with van der Waals surface area (Å²) in [7, 11) is 0. The molecule has 0 aliphatic carbocycles. The number of benzene rings is 2. The molecule has 128 valence electrons. The van der Waals surface area contributed by atoms with E-state index in [0.29, 0.717) is 16.6 Å². The normalized spacial score (nSPS) is 10.8. The molecule has 0 amide bonds. The second-order valence-corrected chi connectivity index (χ2v) is 6.29. The molecular formula is C22H19N3O. The summed E-state index contributed by atoms with van der Waals surface area (Å²) in [5.74, 6) is 0.734. The molecule has 4 nitrogen and oxygen atoms in total. The molecule has 0 spiro atoms. The number of pyridine rings is 2. The second-order valence-electron chi connectivity index (χ2n) is 6.29. The van der Waals surface area contributed by atoms with Crippen LogP contribution < -0.4 is 10.7 Å². The van der Waals surface area contributed by atoms with Crippen LogP contribution in [0.4, 0.5) is 11.5 Å². The van der Waals surface area contributed by atoms with Gasteiger partial charge in [0.25, 0.3) is 0 Å². The Balaban J connectivity index is 2.10. The number of hydrogen-bond acceptors (Lipinski definition) is 3. The van der Waals surface area contributed by atoms with Gasteiger partial charge in [0, 0.05) is 23.1 Å². The quantitative estimate of drug-likeness (QED) is 0.585. The highest BCUT2D eigenvalue weighted by atomic mass is 16.1. The van der Waals surface area contributed by atoms with Crippen LogP contribution >= 0.6 is 0 Å². The number of nitrogens with one attached hydrogen (secondary N) is 1. The fourth-order valence-corrected chi connectivity index (χ4v) is 3.20. The number of nitrogens with zero attached hydrogens (tertiary/aromatic N) is 2. The number of fused-ring (bicyclic) bond motifs is 1. The van der Waals surface area contributed by atoms with Crippen LogP contribution in [0.25, 0.3) is 16.7 Å². The lowest BCUT2D eigenvalue weighted by molar-refractivity contribution is 1.05. The van der Waals surface area contributed by atoms with Crippen LogP contribution in [0.3, 0.4) is 0 Å². The number of anilines is 2. The maximum atomic E-state index is 13.1. The molecule has 2 aromatic heterocycles. The van der Waals surface area contributed by atoms with E-state index in [0.717, 1.165) is 22.8 Å². The van der Waals surface area contributed by atoms with Crippen molar-refractivity contribution in [1.29, 1.82) is 0 Å². The lowest BCUT2D eigenvalue weighted by Gasteiger charge is -2.20. The first-order valence-electron chi connectivity index (χ1n) is 8.55. The molecule has 0 fully saturated rings. The molecule has 4 rings (SSSR count). The zero-order valence-electron chi connectivity index (χ0n) is 14.7. The third-order valence-corrected chi connectivity index (χ3v) is 4.55. The summed E-state index contributed by atoms with van der Waals surface area (Å²) in [6.45, 7) is 3.81. The molecule has 0 bridgehead atoms. The van der Waals surface area contributed by atoms with E-state index in [4.69, 9.17) is 0 Å². The van der Waals surface area contributed by atoms with E-state index < -0.39 is 0 Å². The van der Waals surface area contributed by atoms with E-state index in [2.05, 4.69) is 10.3 Å². The summed E-state index contributed by atoms with van der Waals surface area (Å²) in [5, 5.41) is 4.07. The Kier molecular flexibility index (Phi) is 4.01. The summed E-state index contributed by atoms with van der Waals surface area (Å²) in [5.41, 5.74) is 4.14. The summed E-state index contributed by atoms with van der Waals surface area (Å²) in [6, 6.07) is 21.7. The van der Waals surface area contributed by atoms with Gasteiger partial charge in [0.15, 0.2) is 5.43 Å². The first-order valence-corrected chi connectivity index (χ1v) is 8.55. The Morgan fingerprint density at radius 2 is 1.54 bits per heavy atom. The number of aryl methyl sites for hydroxylation is 1. The van der Waals surface area contributed by atoms with Crippen molar-refractivity contribution in [3.05, 3.63) is 94.3 Å². The molecule has 0 saturated heterocycles. The summed E-state index contributed by atoms with van der Waals surface area (Å²) in [4.78, 5) is 17.6. The molecular weight excluding hydrogens is 322 g/mol. The van der Waals surface area contributed by atoms with Gasteiger partial charge in [0.2, 0.25) is 0 Å². The van der Waals surface area contributed by atoms with Gasteiger partial charge in [-0.15, -0.1) is 0 Å². The van der Waals surface area contributed by atoms with E-state index in [-0.39, 0.29) is 5.43 Å². The van der Waals surface area contributed by atoms with E-state index in [9.17, 15) is 4.79 Å². The minimum Gasteiger partial charge on any atom is -0.341 e. The molecule has 0 saturated carbocycles. The molecule has 0 radical (unpaired) electrons. The Hall–Kier alpha value is -3.40. The van der Waals surface area contributed by atoms with Gasteiger partial charge in [-0.1, -0.05) is 36.4 Å². The zero-order chi connectivity index (χ0) is 18.1. The van der Waals surface area contributed by atoms with Crippen LogP contribution in [0, 0.1) is 13.8 Å². The predicted molar refractivity (Wildman–Crippen MR) is 107 cm³/mol. The highest BCUT2D eigenvalue weighted by Gasteiger charge is 2.17. The predicted octanol–water partition coefficient (Wildman–Crippen LogP) is 4.75. The Morgan fingerprint density at radius 1 is 0.885 bits per heavy atom. The highest BCUT2D eigenvalue weighted by Crippen LogP contribution is 2.27. The van der Waals surface area contributed by atoms with Gasteiger partial charge in [0.05, 0.1) is 5.39 Å². The summed E-state index contributed by atoms with van der Waals surface area (Å²) in [6.07, 6.45) is 1.75. The Bertz CT molecular complexity index is 1130. The van der Waals surface area contributed by atoms with Gasteiger partial charge in [-0.25, -0.2) is 4.98 Å². The Labute approximate surface area is 151 Å². The maximum Gasteiger partial charge on any atom is 0.196 e. The van der Waals surface area contributed by atoms with Crippen molar-refractivity contribution in [1.82, 2.24) is 9.55 Å². The minimum absolute atomic E-state index is 0.0104. The second kappa shape index (κ2) is 6.48. The van der Waals surface area contributed by atoms with Gasteiger partial charge in [-0.05, 0) is 49.7 Å². The topological polar surface area (TPSA) is 46.9 Å². The highest BCUT2D eigenvalue weighted by molar-refractivity contribution is 5.85. The molecule has 0 atom stereocenters. The monoisotopic (exact) mass is 341 g/mol. The number of hydrogen-bond donors (Lipinski definition) is 1. The van der Waals surface area contributed by atoms with Crippen molar-refractivity contribution in [2.24, 2.45) is 0 Å². The van der Waals surface area contributed by atoms with Crippen LogP contribution in [0.2, 0.25) is 0 Å². The number of aromatic nitrogens is 2. The lowest BCUT2D eigenvalue weighted by Crippen LogP contribution is -2.18. The molecule has 2 aromatic carbocycles. The van der Waals surface area contributed by atoms with Gasteiger partial charge in [-0.3, -0.25) is 9.36 Å². The van der Waals surface area contributed by atoms with Crippen molar-refractivity contribution < 1.29 is 0 Å². The van der Waals surface area contributed by atoms with Gasteiger partial charge >= 0.3 is 0 Å². The standard InChI is InChI=1S/C22H19N3O/c1-15-13-14-23-22-19(15)20(26)16(2)21(24-17-9-5-3-6-10-17)25(22)18-11-7-4-8-12-18/h3-14,24H,1-2H3. The van der Waals surface area contributed by atoms with Crippen molar-refractivity contribution in [2.45, 2.75) is 13.8 Å². The molecule has 4 aromatic rings. The summed E-state index contributed by atoms with van der Waals surface area (Å²) >= 11 is 0. The molecule has 1 N–H and O–H groups in total. The van der Waals surface area contributed by atoms with E-state index in [1.165, 1.54) is 0 Å². The van der Waals surface area contributed by atoms with E-state index in [1.807, 2.05) is 85.1 Å². The fraction of sp³-hybridized carbons (Fsp3) is 0.0909. The third kappa shape index (κ3) is 2.65. The zero-order valence-corrected chi connectivity index (χ0v) is 14.7. The molecule has 0 unspecified atom stereocenters. The molecule has 4 heteroatoms. The fourth-order valence-electron chi connectivity index (χ4n) is 3.20. The van der Waals surface area contributed by atoms with Crippen LogP contribution in [0.5, 0.6) is 0 Å². The van der Waals surface area contributed by atoms with Crippen LogP contribution in [-0.4, -0.2) is 9.55 Å². The maximum absolute atomic E-state index is 13.1. The van der Waals surface area contributed by atoms with Gasteiger partial charge < -0.3 is 5.32 Å². The van der Waals surface area contributed by atoms with Crippen LogP contribution in [0.15, 0.2) is 77.7 Å². The third-order valence-electron chi connectivity index (χ3n) is 4.55. The molecule has 26 heavy (non-hydrogen) atoms. The van der Waals surface area contributed by atoms with Gasteiger partial charge in [-0.2, -0.15) is 0 Å². The lowest BCUT2D eigenvalue weighted by atomic mass is 10.1. The summed E-state index contributed by atoms with van der Waals surface area (Å²) < 4.78 is 2.02.